The fourth-order valence-corrected chi connectivity index (χ4v) is 1.35. The van der Waals surface area contributed by atoms with Crippen LogP contribution in [0.4, 0.5) is 10.5 Å². The number of rotatable bonds is 3. The van der Waals surface area contributed by atoms with Gasteiger partial charge >= 0.3 is 6.03 Å². The molecular weight excluding hydrogens is 226 g/mol. The molecule has 84 valence electrons. The number of nitriles is 1. The lowest BCUT2D eigenvalue weighted by atomic mass is 10.3. The first-order valence-corrected chi connectivity index (χ1v) is 5.24. The Bertz CT molecular complexity index is 414. The second-order valence-electron chi connectivity index (χ2n) is 3.08. The van der Waals surface area contributed by atoms with Crippen LogP contribution in [0.15, 0.2) is 24.3 Å². The number of carbonyl (C=O) groups excluding carboxylic acids is 1. The zero-order valence-corrected chi connectivity index (χ0v) is 9.66. The van der Waals surface area contributed by atoms with Crippen molar-refractivity contribution < 1.29 is 4.79 Å². The van der Waals surface area contributed by atoms with Gasteiger partial charge in [-0.25, -0.2) is 4.79 Å². The first-order chi connectivity index (χ1) is 7.69. The molecule has 1 aromatic carbocycles. The number of halogens is 1. The summed E-state index contributed by atoms with van der Waals surface area (Å²) in [6.07, 6.45) is 0. The fourth-order valence-electron chi connectivity index (χ4n) is 1.17. The van der Waals surface area contributed by atoms with Gasteiger partial charge < -0.3 is 10.2 Å². The molecule has 0 heterocycles. The second-order valence-corrected chi connectivity index (χ2v) is 3.49. The highest BCUT2D eigenvalue weighted by Crippen LogP contribution is 2.20. The lowest BCUT2D eigenvalue weighted by Gasteiger charge is -2.18. The van der Waals surface area contributed by atoms with E-state index in [0.29, 0.717) is 17.3 Å². The Kier molecular flexibility index (Phi) is 4.62. The highest BCUT2D eigenvalue weighted by molar-refractivity contribution is 6.33. The van der Waals surface area contributed by atoms with Crippen molar-refractivity contribution in [1.29, 1.82) is 5.26 Å². The molecule has 1 rings (SSSR count). The van der Waals surface area contributed by atoms with E-state index in [1.165, 1.54) is 4.90 Å². The second kappa shape index (κ2) is 5.99. The van der Waals surface area contributed by atoms with Gasteiger partial charge in [0.2, 0.25) is 0 Å². The van der Waals surface area contributed by atoms with Crippen molar-refractivity contribution in [3.05, 3.63) is 29.3 Å². The molecule has 2 amide bonds. The summed E-state index contributed by atoms with van der Waals surface area (Å²) in [5.74, 6) is 0. The fraction of sp³-hybridized carbons (Fsp3) is 0.273. The third-order valence-electron chi connectivity index (χ3n) is 2.05. The Balaban J connectivity index is 2.71. The van der Waals surface area contributed by atoms with E-state index in [9.17, 15) is 4.79 Å². The molecule has 5 heteroatoms. The number of amides is 2. The lowest BCUT2D eigenvalue weighted by Crippen LogP contribution is -2.35. The predicted octanol–water partition coefficient (Wildman–Crippen LogP) is 2.72. The maximum absolute atomic E-state index is 11.7. The molecular formula is C11H12ClN3O. The standard InChI is InChI=1S/C11H12ClN3O/c1-2-15(8-7-13)11(16)14-10-6-4-3-5-9(10)12/h3-6H,2,8H2,1H3,(H,14,16). The van der Waals surface area contributed by atoms with Crippen molar-refractivity contribution in [2.75, 3.05) is 18.4 Å². The monoisotopic (exact) mass is 237 g/mol. The summed E-state index contributed by atoms with van der Waals surface area (Å²) < 4.78 is 0. The highest BCUT2D eigenvalue weighted by Gasteiger charge is 2.11. The molecule has 0 radical (unpaired) electrons. The number of nitrogens with one attached hydrogen (secondary N) is 1. The smallest absolute Gasteiger partial charge is 0.311 e. The SMILES string of the molecule is CCN(CC#N)C(=O)Nc1ccccc1Cl. The molecule has 0 aliphatic rings. The maximum Gasteiger partial charge on any atom is 0.322 e. The molecule has 0 aliphatic heterocycles. The van der Waals surface area contributed by atoms with Gasteiger partial charge in [0, 0.05) is 6.54 Å². The number of carbonyl (C=O) groups is 1. The molecule has 0 saturated heterocycles. The summed E-state index contributed by atoms with van der Waals surface area (Å²) >= 11 is 5.90. The Morgan fingerprint density at radius 2 is 2.25 bits per heavy atom. The summed E-state index contributed by atoms with van der Waals surface area (Å²) in [6, 6.07) is 8.57. The van der Waals surface area contributed by atoms with Gasteiger partial charge in [-0.3, -0.25) is 0 Å². The molecule has 0 atom stereocenters. The minimum atomic E-state index is -0.322. The van der Waals surface area contributed by atoms with E-state index in [-0.39, 0.29) is 12.6 Å². The van der Waals surface area contributed by atoms with Crippen LogP contribution in [-0.2, 0) is 0 Å². The Hall–Kier alpha value is -1.73. The summed E-state index contributed by atoms with van der Waals surface area (Å²) in [6.45, 7) is 2.35. The topological polar surface area (TPSA) is 56.1 Å². The summed E-state index contributed by atoms with van der Waals surface area (Å²) in [5, 5.41) is 11.7. The number of nitrogens with zero attached hydrogens (tertiary/aromatic N) is 2. The number of para-hydroxylation sites is 1. The molecule has 1 aromatic rings. The number of urea groups is 1. The molecule has 0 aliphatic carbocycles. The molecule has 0 bridgehead atoms. The summed E-state index contributed by atoms with van der Waals surface area (Å²) in [5.41, 5.74) is 0.547. The van der Waals surface area contributed by atoms with E-state index in [4.69, 9.17) is 16.9 Å². The molecule has 0 saturated carbocycles. The normalized spacial score (nSPS) is 9.31. The Labute approximate surface area is 99.4 Å². The Morgan fingerprint density at radius 1 is 1.56 bits per heavy atom. The van der Waals surface area contributed by atoms with Crippen LogP contribution in [0.5, 0.6) is 0 Å². The first kappa shape index (κ1) is 12.3. The molecule has 0 aromatic heterocycles. The summed E-state index contributed by atoms with van der Waals surface area (Å²) in [7, 11) is 0. The highest BCUT2D eigenvalue weighted by atomic mass is 35.5. The third kappa shape index (κ3) is 3.14. The zero-order valence-electron chi connectivity index (χ0n) is 8.90. The van der Waals surface area contributed by atoms with Gasteiger partial charge in [0.05, 0.1) is 16.8 Å². The van der Waals surface area contributed by atoms with Crippen molar-refractivity contribution in [3.8, 4) is 6.07 Å². The van der Waals surface area contributed by atoms with Crippen LogP contribution in [0.3, 0.4) is 0 Å². The van der Waals surface area contributed by atoms with Crippen LogP contribution >= 0.6 is 11.6 Å². The number of hydrogen-bond donors (Lipinski definition) is 1. The van der Waals surface area contributed by atoms with Crippen molar-refractivity contribution in [2.24, 2.45) is 0 Å². The van der Waals surface area contributed by atoms with E-state index in [1.54, 1.807) is 24.3 Å². The summed E-state index contributed by atoms with van der Waals surface area (Å²) in [4.78, 5) is 13.1. The van der Waals surface area contributed by atoms with Crippen molar-refractivity contribution in [2.45, 2.75) is 6.92 Å². The van der Waals surface area contributed by atoms with E-state index in [2.05, 4.69) is 5.32 Å². The molecule has 0 fully saturated rings. The van der Waals surface area contributed by atoms with E-state index in [1.807, 2.05) is 13.0 Å². The van der Waals surface area contributed by atoms with Crippen molar-refractivity contribution >= 4 is 23.3 Å². The van der Waals surface area contributed by atoms with Crippen molar-refractivity contribution in [1.82, 2.24) is 4.90 Å². The van der Waals surface area contributed by atoms with Gasteiger partial charge in [-0.1, -0.05) is 23.7 Å². The van der Waals surface area contributed by atoms with Crippen molar-refractivity contribution in [3.63, 3.8) is 0 Å². The molecule has 1 N–H and O–H groups in total. The lowest BCUT2D eigenvalue weighted by molar-refractivity contribution is 0.220. The van der Waals surface area contributed by atoms with Gasteiger partial charge in [-0.2, -0.15) is 5.26 Å². The Morgan fingerprint density at radius 3 is 2.81 bits per heavy atom. The van der Waals surface area contributed by atoms with Gasteiger partial charge in [-0.15, -0.1) is 0 Å². The van der Waals surface area contributed by atoms with Crippen LogP contribution in [0.1, 0.15) is 6.92 Å². The van der Waals surface area contributed by atoms with Crippen LogP contribution < -0.4 is 5.32 Å². The molecule has 0 unspecified atom stereocenters. The van der Waals surface area contributed by atoms with Gasteiger partial charge in [-0.05, 0) is 19.1 Å². The average Bonchev–Trinajstić information content (AvgIpc) is 2.29. The first-order valence-electron chi connectivity index (χ1n) is 4.86. The maximum atomic E-state index is 11.7. The van der Waals surface area contributed by atoms with E-state index < -0.39 is 0 Å². The quantitative estimate of drug-likeness (QED) is 0.822. The van der Waals surface area contributed by atoms with E-state index >= 15 is 0 Å². The molecule has 16 heavy (non-hydrogen) atoms. The van der Waals surface area contributed by atoms with E-state index in [0.717, 1.165) is 0 Å². The predicted molar refractivity (Wildman–Crippen MR) is 63.3 cm³/mol. The third-order valence-corrected chi connectivity index (χ3v) is 2.38. The van der Waals surface area contributed by atoms with Crippen LogP contribution in [0.25, 0.3) is 0 Å². The number of anilines is 1. The van der Waals surface area contributed by atoms with Gasteiger partial charge in [0.25, 0.3) is 0 Å². The number of hydrogen-bond acceptors (Lipinski definition) is 2. The largest absolute Gasteiger partial charge is 0.322 e. The minimum Gasteiger partial charge on any atom is -0.311 e. The van der Waals surface area contributed by atoms with Crippen LogP contribution in [0.2, 0.25) is 5.02 Å². The van der Waals surface area contributed by atoms with Crippen LogP contribution in [-0.4, -0.2) is 24.0 Å². The van der Waals surface area contributed by atoms with Gasteiger partial charge in [0.15, 0.2) is 0 Å². The molecule has 4 nitrogen and oxygen atoms in total. The molecule has 0 spiro atoms. The average molecular weight is 238 g/mol. The van der Waals surface area contributed by atoms with Gasteiger partial charge in [0.1, 0.15) is 6.54 Å². The number of benzene rings is 1. The minimum absolute atomic E-state index is 0.0623. The zero-order chi connectivity index (χ0) is 12.0. The van der Waals surface area contributed by atoms with Crippen LogP contribution in [0, 0.1) is 11.3 Å².